The Morgan fingerprint density at radius 3 is 2.44 bits per heavy atom. The van der Waals surface area contributed by atoms with E-state index in [-0.39, 0.29) is 22.4 Å². The van der Waals surface area contributed by atoms with Crippen LogP contribution in [0.1, 0.15) is 6.92 Å². The van der Waals surface area contributed by atoms with E-state index >= 15 is 0 Å². The fourth-order valence-electron chi connectivity index (χ4n) is 3.66. The normalized spacial score (nSPS) is 12.0. The zero-order valence-electron chi connectivity index (χ0n) is 19.4. The summed E-state index contributed by atoms with van der Waals surface area (Å²) in [5.41, 5.74) is 1.64. The minimum absolute atomic E-state index is 0.213. The molecule has 9 nitrogen and oxygen atoms in total. The number of ketones is 1. The van der Waals surface area contributed by atoms with E-state index in [0.29, 0.717) is 28.2 Å². The predicted molar refractivity (Wildman–Crippen MR) is 131 cm³/mol. The third-order valence-corrected chi connectivity index (χ3v) is 6.63. The highest BCUT2D eigenvalue weighted by Crippen LogP contribution is 2.33. The maximum Gasteiger partial charge on any atom is 0.283 e. The summed E-state index contributed by atoms with van der Waals surface area (Å²) in [6.45, 7) is 1.35. The van der Waals surface area contributed by atoms with Crippen LogP contribution < -0.4 is 15.0 Å². The van der Waals surface area contributed by atoms with E-state index < -0.39 is 5.25 Å². The van der Waals surface area contributed by atoms with Crippen LogP contribution >= 0.6 is 11.8 Å². The molecule has 2 aromatic heterocycles. The molecule has 0 fully saturated rings. The number of nitrogens with zero attached hydrogens (tertiary/aromatic N) is 3. The van der Waals surface area contributed by atoms with Crippen molar-refractivity contribution in [1.82, 2.24) is 19.4 Å². The van der Waals surface area contributed by atoms with Crippen LogP contribution in [0, 0.1) is 0 Å². The molecule has 0 radical (unpaired) electrons. The first-order valence-corrected chi connectivity index (χ1v) is 11.3. The second kappa shape index (κ2) is 9.22. The van der Waals surface area contributed by atoms with Gasteiger partial charge in [0.25, 0.3) is 5.56 Å². The highest BCUT2D eigenvalue weighted by molar-refractivity contribution is 8.01. The van der Waals surface area contributed by atoms with Gasteiger partial charge >= 0.3 is 0 Å². The predicted octanol–water partition coefficient (Wildman–Crippen LogP) is 3.02. The van der Waals surface area contributed by atoms with Gasteiger partial charge in [0, 0.05) is 31.1 Å². The van der Waals surface area contributed by atoms with Gasteiger partial charge in [-0.05, 0) is 25.1 Å². The van der Waals surface area contributed by atoms with Crippen LogP contribution in [0.3, 0.4) is 0 Å². The number of benzene rings is 2. The Bertz CT molecular complexity index is 1470. The molecule has 0 spiro atoms. The van der Waals surface area contributed by atoms with Crippen molar-refractivity contribution in [2.24, 2.45) is 0 Å². The van der Waals surface area contributed by atoms with Crippen LogP contribution in [-0.4, -0.2) is 64.7 Å². The van der Waals surface area contributed by atoms with E-state index in [1.807, 2.05) is 24.3 Å². The van der Waals surface area contributed by atoms with Crippen LogP contribution in [-0.2, 0) is 9.59 Å². The van der Waals surface area contributed by atoms with Crippen molar-refractivity contribution in [3.8, 4) is 17.2 Å². The fourth-order valence-corrected chi connectivity index (χ4v) is 4.79. The Kier molecular flexibility index (Phi) is 6.34. The quantitative estimate of drug-likeness (QED) is 0.246. The number of nitrogens with one attached hydrogen (secondary N) is 1. The number of rotatable bonds is 7. The Labute approximate surface area is 199 Å². The number of thioether (sulfide) groups is 1. The molecule has 10 heteroatoms. The highest BCUT2D eigenvalue weighted by Gasteiger charge is 2.29. The number of fused-ring (bicyclic) bond motifs is 3. The summed E-state index contributed by atoms with van der Waals surface area (Å²) >= 11 is 0.944. The maximum absolute atomic E-state index is 13.8. The van der Waals surface area contributed by atoms with Crippen LogP contribution in [0.4, 0.5) is 0 Å². The number of carbonyl (C=O) groups is 2. The second-order valence-corrected chi connectivity index (χ2v) is 8.88. The molecular formula is C24H24N4O5S. The third kappa shape index (κ3) is 4.01. The van der Waals surface area contributed by atoms with Gasteiger partial charge in [-0.25, -0.2) is 4.98 Å². The lowest BCUT2D eigenvalue weighted by Crippen LogP contribution is -2.36. The van der Waals surface area contributed by atoms with Crippen molar-refractivity contribution in [2.75, 3.05) is 28.3 Å². The van der Waals surface area contributed by atoms with Gasteiger partial charge in [-0.1, -0.05) is 30.0 Å². The Morgan fingerprint density at radius 1 is 1.09 bits per heavy atom. The molecule has 0 aliphatic rings. The summed E-state index contributed by atoms with van der Waals surface area (Å²) in [6.07, 6.45) is 0. The average molecular weight is 481 g/mol. The molecule has 0 saturated heterocycles. The molecule has 2 heterocycles. The van der Waals surface area contributed by atoms with Gasteiger partial charge in [0.15, 0.2) is 22.4 Å². The Morgan fingerprint density at radius 2 is 1.79 bits per heavy atom. The minimum Gasteiger partial charge on any atom is -0.493 e. The van der Waals surface area contributed by atoms with E-state index in [9.17, 15) is 14.4 Å². The molecule has 2 aromatic carbocycles. The number of ether oxygens (including phenoxy) is 2. The first-order valence-electron chi connectivity index (χ1n) is 10.4. The molecule has 34 heavy (non-hydrogen) atoms. The fraction of sp³-hybridized carbons (Fsp3) is 0.250. The number of aromatic amines is 1. The zero-order chi connectivity index (χ0) is 24.6. The minimum atomic E-state index is -1.06. The van der Waals surface area contributed by atoms with Gasteiger partial charge in [0.1, 0.15) is 16.3 Å². The number of Topliss-reactive ketones (excluding diaryl/α,β-unsaturated/α-hetero) is 1. The molecule has 0 bridgehead atoms. The van der Waals surface area contributed by atoms with E-state index in [0.717, 1.165) is 22.7 Å². The lowest BCUT2D eigenvalue weighted by atomic mass is 10.2. The molecular weight excluding hydrogens is 456 g/mol. The van der Waals surface area contributed by atoms with E-state index in [2.05, 4.69) is 4.98 Å². The van der Waals surface area contributed by atoms with Crippen LogP contribution in [0.5, 0.6) is 11.5 Å². The van der Waals surface area contributed by atoms with Crippen molar-refractivity contribution in [3.63, 3.8) is 0 Å². The van der Waals surface area contributed by atoms with E-state index in [4.69, 9.17) is 14.5 Å². The molecule has 1 N–H and O–H groups in total. The summed E-state index contributed by atoms with van der Waals surface area (Å²) in [7, 11) is 6.18. The first kappa shape index (κ1) is 23.4. The molecule has 4 aromatic rings. The topological polar surface area (TPSA) is 107 Å². The van der Waals surface area contributed by atoms with Crippen LogP contribution in [0.15, 0.2) is 52.4 Å². The molecule has 0 aliphatic carbocycles. The van der Waals surface area contributed by atoms with E-state index in [1.54, 1.807) is 32.3 Å². The van der Waals surface area contributed by atoms with Crippen molar-refractivity contribution < 1.29 is 19.1 Å². The maximum atomic E-state index is 13.8. The molecule has 0 saturated carbocycles. The van der Waals surface area contributed by atoms with Crippen LogP contribution in [0.25, 0.3) is 27.6 Å². The van der Waals surface area contributed by atoms with Crippen LogP contribution in [0.2, 0.25) is 0 Å². The molecule has 1 unspecified atom stereocenters. The molecule has 4 rings (SSSR count). The summed E-state index contributed by atoms with van der Waals surface area (Å²) in [4.78, 5) is 48.2. The van der Waals surface area contributed by atoms with Gasteiger partial charge in [-0.3, -0.25) is 19.0 Å². The van der Waals surface area contributed by atoms with Gasteiger partial charge < -0.3 is 19.4 Å². The smallest absolute Gasteiger partial charge is 0.283 e. The van der Waals surface area contributed by atoms with Crippen molar-refractivity contribution in [2.45, 2.75) is 17.3 Å². The Hall–Kier alpha value is -3.79. The van der Waals surface area contributed by atoms with Crippen molar-refractivity contribution in [1.29, 1.82) is 0 Å². The number of amides is 1. The lowest BCUT2D eigenvalue weighted by molar-refractivity contribution is -0.132. The summed E-state index contributed by atoms with van der Waals surface area (Å²) in [5, 5.41) is -0.0740. The van der Waals surface area contributed by atoms with E-state index in [1.165, 1.54) is 30.6 Å². The van der Waals surface area contributed by atoms with Gasteiger partial charge in [0.2, 0.25) is 5.91 Å². The zero-order valence-corrected chi connectivity index (χ0v) is 20.2. The first-order chi connectivity index (χ1) is 16.3. The van der Waals surface area contributed by atoms with Crippen molar-refractivity contribution in [3.05, 3.63) is 52.8 Å². The van der Waals surface area contributed by atoms with Crippen molar-refractivity contribution >= 4 is 45.4 Å². The number of hydrogen-bond acceptors (Lipinski definition) is 7. The number of carbonyl (C=O) groups excluding carboxylic acids is 2. The molecule has 1 amide bonds. The standard InChI is InChI=1S/C24H24N4O5S/c1-13(29)21(23(31)27(2)3)34-24-26-19-15-8-6-7-9-16(15)25-20(19)22(30)28(24)14-10-11-17(32-4)18(12-14)33-5/h6-12,21,25H,1-5H3. The molecule has 0 aliphatic heterocycles. The largest absolute Gasteiger partial charge is 0.493 e. The second-order valence-electron chi connectivity index (χ2n) is 7.81. The third-order valence-electron chi connectivity index (χ3n) is 5.38. The Balaban J connectivity index is 2.02. The molecule has 1 atom stereocenters. The van der Waals surface area contributed by atoms with Gasteiger partial charge in [-0.15, -0.1) is 0 Å². The number of para-hydroxylation sites is 1. The highest BCUT2D eigenvalue weighted by atomic mass is 32.2. The van der Waals surface area contributed by atoms with Gasteiger partial charge in [0.05, 0.1) is 19.9 Å². The summed E-state index contributed by atoms with van der Waals surface area (Å²) < 4.78 is 12.1. The SMILES string of the molecule is COc1ccc(-n2c(SC(C(C)=O)C(=O)N(C)C)nc3c([nH]c4ccccc43)c2=O)cc1OC. The summed E-state index contributed by atoms with van der Waals surface area (Å²) in [6, 6.07) is 12.5. The number of aromatic nitrogens is 3. The average Bonchev–Trinajstić information content (AvgIpc) is 3.20. The summed E-state index contributed by atoms with van der Waals surface area (Å²) in [5.74, 6) is 0.199. The number of hydrogen-bond donors (Lipinski definition) is 1. The lowest BCUT2D eigenvalue weighted by Gasteiger charge is -2.20. The van der Waals surface area contributed by atoms with Gasteiger partial charge in [-0.2, -0.15) is 0 Å². The number of H-pyrrole nitrogens is 1. The monoisotopic (exact) mass is 480 g/mol. The number of methoxy groups -OCH3 is 2. The molecule has 176 valence electrons.